The van der Waals surface area contributed by atoms with E-state index in [1.54, 1.807) is 18.5 Å². The fourth-order valence-corrected chi connectivity index (χ4v) is 5.70. The maximum atomic E-state index is 14.5. The molecule has 0 unspecified atom stereocenters. The Morgan fingerprint density at radius 1 is 1.17 bits per heavy atom. The summed E-state index contributed by atoms with van der Waals surface area (Å²) >= 11 is 5.95. The number of imidazole rings is 1. The van der Waals surface area contributed by atoms with E-state index in [2.05, 4.69) is 38.4 Å². The second kappa shape index (κ2) is 9.24. The summed E-state index contributed by atoms with van der Waals surface area (Å²) in [5, 5.41) is 8.82. The van der Waals surface area contributed by atoms with E-state index in [9.17, 15) is 4.39 Å². The van der Waals surface area contributed by atoms with Gasteiger partial charge >= 0.3 is 0 Å². The van der Waals surface area contributed by atoms with Crippen molar-refractivity contribution in [3.63, 3.8) is 0 Å². The summed E-state index contributed by atoms with van der Waals surface area (Å²) in [5.41, 5.74) is 2.44. The summed E-state index contributed by atoms with van der Waals surface area (Å²) in [7, 11) is 0. The lowest BCUT2D eigenvalue weighted by molar-refractivity contribution is 0.0972. The predicted octanol–water partition coefficient (Wildman–Crippen LogP) is 3.85. The van der Waals surface area contributed by atoms with Crippen molar-refractivity contribution in [1.82, 2.24) is 34.0 Å². The molecule has 2 aliphatic heterocycles. The van der Waals surface area contributed by atoms with Crippen LogP contribution in [0.2, 0.25) is 5.02 Å². The number of nitrogens with zero attached hydrogens (tertiary/aromatic N) is 8. The molecule has 0 amide bonds. The lowest BCUT2D eigenvalue weighted by Crippen LogP contribution is -2.56. The number of fused-ring (bicyclic) bond motifs is 3. The molecule has 0 spiro atoms. The average molecular weight is 513 g/mol. The predicted molar refractivity (Wildman–Crippen MR) is 136 cm³/mol. The lowest BCUT2D eigenvalue weighted by atomic mass is 10.1. The number of halogens is 2. The molecule has 1 aromatic carbocycles. The summed E-state index contributed by atoms with van der Waals surface area (Å²) in [6.07, 6.45) is 4.02. The van der Waals surface area contributed by atoms with Crippen molar-refractivity contribution in [1.29, 1.82) is 0 Å². The molecule has 2 saturated heterocycles. The standard InChI is InChI=1S/C25H30ClFN8O/c1-15-11-33(16(2)10-32(15)12-18-6-7-19(26)9-21(18)27)23-22-24(35-14-28-31-25(35)30-23)34(17(3)29-22)13-20-5-4-8-36-20/h6-7,9,14-16,20H,4-5,8,10-13H2,1-3H3/t15-,16+,20+/m1/s1. The molecule has 2 aliphatic rings. The molecule has 4 aromatic rings. The van der Waals surface area contributed by atoms with Crippen LogP contribution in [0.3, 0.4) is 0 Å². The average Bonchev–Trinajstić information content (AvgIpc) is 3.58. The minimum absolute atomic E-state index is 0.140. The summed E-state index contributed by atoms with van der Waals surface area (Å²) in [5.74, 6) is 2.02. The van der Waals surface area contributed by atoms with Gasteiger partial charge in [0.05, 0.1) is 12.6 Å². The fraction of sp³-hybridized carbons (Fsp3) is 0.520. The van der Waals surface area contributed by atoms with E-state index >= 15 is 0 Å². The third-order valence-corrected chi connectivity index (χ3v) is 7.73. The number of benzene rings is 1. The summed E-state index contributed by atoms with van der Waals surface area (Å²) in [4.78, 5) is 14.5. The van der Waals surface area contributed by atoms with Crippen LogP contribution in [0.1, 0.15) is 38.1 Å². The highest BCUT2D eigenvalue weighted by Gasteiger charge is 2.33. The van der Waals surface area contributed by atoms with Gasteiger partial charge < -0.3 is 14.2 Å². The molecule has 5 heterocycles. The van der Waals surface area contributed by atoms with Gasteiger partial charge in [-0.3, -0.25) is 4.90 Å². The number of aryl methyl sites for hydroxylation is 1. The van der Waals surface area contributed by atoms with Crippen molar-refractivity contribution < 1.29 is 9.13 Å². The SMILES string of the molecule is Cc1nc2c(N3C[C@@H](C)N(Cc4ccc(Cl)cc4F)C[C@@H]3C)nc3nncn3c2n1C[C@@H]1CCCO1. The van der Waals surface area contributed by atoms with Crippen LogP contribution in [0.25, 0.3) is 16.9 Å². The molecule has 0 N–H and O–H groups in total. The Bertz CT molecular complexity index is 1410. The molecule has 36 heavy (non-hydrogen) atoms. The van der Waals surface area contributed by atoms with Gasteiger partial charge in [-0.05, 0) is 45.7 Å². The Hall–Kier alpha value is -2.82. The monoisotopic (exact) mass is 512 g/mol. The Morgan fingerprint density at radius 3 is 2.81 bits per heavy atom. The van der Waals surface area contributed by atoms with Gasteiger partial charge in [-0.1, -0.05) is 17.7 Å². The highest BCUT2D eigenvalue weighted by Crippen LogP contribution is 2.31. The van der Waals surface area contributed by atoms with Crippen LogP contribution in [0.5, 0.6) is 0 Å². The molecule has 0 aliphatic carbocycles. The van der Waals surface area contributed by atoms with E-state index < -0.39 is 0 Å². The lowest BCUT2D eigenvalue weighted by Gasteiger charge is -2.44. The van der Waals surface area contributed by atoms with Crippen molar-refractivity contribution in [2.45, 2.75) is 64.9 Å². The molecule has 6 rings (SSSR count). The second-order valence-electron chi connectivity index (χ2n) is 10.0. The third-order valence-electron chi connectivity index (χ3n) is 7.49. The van der Waals surface area contributed by atoms with Gasteiger partial charge in [-0.2, -0.15) is 4.98 Å². The van der Waals surface area contributed by atoms with E-state index in [-0.39, 0.29) is 24.0 Å². The van der Waals surface area contributed by atoms with E-state index in [0.29, 0.717) is 22.9 Å². The van der Waals surface area contributed by atoms with Crippen LogP contribution in [0.4, 0.5) is 10.2 Å². The molecular formula is C25H30ClFN8O. The number of ether oxygens (including phenoxy) is 1. The zero-order valence-electron chi connectivity index (χ0n) is 20.7. The first-order valence-corrected chi connectivity index (χ1v) is 12.9. The molecule has 3 atom stereocenters. The van der Waals surface area contributed by atoms with Crippen LogP contribution < -0.4 is 4.90 Å². The maximum absolute atomic E-state index is 14.5. The first kappa shape index (κ1) is 23.6. The summed E-state index contributed by atoms with van der Waals surface area (Å²) < 4.78 is 24.5. The summed E-state index contributed by atoms with van der Waals surface area (Å²) in [6, 6.07) is 5.22. The number of rotatable bonds is 5. The largest absolute Gasteiger partial charge is 0.376 e. The number of piperazine rings is 1. The first-order valence-electron chi connectivity index (χ1n) is 12.5. The van der Waals surface area contributed by atoms with E-state index in [1.165, 1.54) is 6.07 Å². The van der Waals surface area contributed by atoms with Gasteiger partial charge in [-0.15, -0.1) is 10.2 Å². The Labute approximate surface area is 213 Å². The van der Waals surface area contributed by atoms with Gasteiger partial charge in [-0.25, -0.2) is 13.8 Å². The van der Waals surface area contributed by atoms with Crippen molar-refractivity contribution in [3.05, 3.63) is 46.8 Å². The van der Waals surface area contributed by atoms with E-state index in [0.717, 1.165) is 61.9 Å². The first-order chi connectivity index (χ1) is 17.4. The van der Waals surface area contributed by atoms with Crippen molar-refractivity contribution in [3.8, 4) is 0 Å². The normalized spacial score (nSPS) is 23.4. The molecule has 0 radical (unpaired) electrons. The van der Waals surface area contributed by atoms with E-state index in [1.807, 2.05) is 11.3 Å². The van der Waals surface area contributed by atoms with Crippen LogP contribution in [-0.2, 0) is 17.8 Å². The Kier molecular flexibility index (Phi) is 6.05. The molecular weight excluding hydrogens is 483 g/mol. The maximum Gasteiger partial charge on any atom is 0.258 e. The topological polar surface area (TPSA) is 76.6 Å². The van der Waals surface area contributed by atoms with Crippen molar-refractivity contribution >= 4 is 34.4 Å². The Morgan fingerprint density at radius 2 is 2.03 bits per heavy atom. The quantitative estimate of drug-likeness (QED) is 0.402. The van der Waals surface area contributed by atoms with Gasteiger partial charge in [0.25, 0.3) is 5.78 Å². The zero-order chi connectivity index (χ0) is 25.0. The van der Waals surface area contributed by atoms with Gasteiger partial charge in [0.2, 0.25) is 0 Å². The van der Waals surface area contributed by atoms with Gasteiger partial charge in [0, 0.05) is 48.9 Å². The van der Waals surface area contributed by atoms with E-state index in [4.69, 9.17) is 26.3 Å². The number of hydrogen-bond acceptors (Lipinski definition) is 7. The van der Waals surface area contributed by atoms with Crippen molar-refractivity contribution in [2.24, 2.45) is 0 Å². The summed E-state index contributed by atoms with van der Waals surface area (Å²) in [6.45, 7) is 9.95. The highest BCUT2D eigenvalue weighted by atomic mass is 35.5. The van der Waals surface area contributed by atoms with Crippen molar-refractivity contribution in [2.75, 3.05) is 24.6 Å². The van der Waals surface area contributed by atoms with Crippen LogP contribution in [-0.4, -0.2) is 71.9 Å². The molecule has 0 bridgehead atoms. The molecule has 2 fully saturated rings. The zero-order valence-corrected chi connectivity index (χ0v) is 21.5. The number of anilines is 1. The number of hydrogen-bond donors (Lipinski definition) is 0. The van der Waals surface area contributed by atoms with Crippen LogP contribution >= 0.6 is 11.6 Å². The molecule has 0 saturated carbocycles. The third kappa shape index (κ3) is 4.10. The molecule has 3 aromatic heterocycles. The minimum Gasteiger partial charge on any atom is -0.376 e. The van der Waals surface area contributed by atoms with Gasteiger partial charge in [0.1, 0.15) is 23.5 Å². The fourth-order valence-electron chi connectivity index (χ4n) is 5.54. The molecule has 9 nitrogen and oxygen atoms in total. The van der Waals surface area contributed by atoms with Crippen LogP contribution in [0, 0.1) is 12.7 Å². The van der Waals surface area contributed by atoms with Gasteiger partial charge in [0.15, 0.2) is 11.5 Å². The molecule has 190 valence electrons. The smallest absolute Gasteiger partial charge is 0.258 e. The second-order valence-corrected chi connectivity index (χ2v) is 10.5. The molecule has 11 heteroatoms. The number of aromatic nitrogens is 6. The highest BCUT2D eigenvalue weighted by molar-refractivity contribution is 6.30. The minimum atomic E-state index is -0.266. The Balaban J connectivity index is 1.34. The van der Waals surface area contributed by atoms with Crippen LogP contribution in [0.15, 0.2) is 24.5 Å².